The van der Waals surface area contributed by atoms with Crippen molar-refractivity contribution in [2.24, 2.45) is 5.92 Å². The number of hydrogen-bond acceptors (Lipinski definition) is 3. The summed E-state index contributed by atoms with van der Waals surface area (Å²) in [6.45, 7) is 9.48. The zero-order chi connectivity index (χ0) is 16.7. The second kappa shape index (κ2) is 8.47. The van der Waals surface area contributed by atoms with Crippen LogP contribution in [-0.2, 0) is 6.54 Å². The van der Waals surface area contributed by atoms with E-state index >= 15 is 0 Å². The zero-order valence-corrected chi connectivity index (χ0v) is 14.6. The van der Waals surface area contributed by atoms with Crippen LogP contribution in [0, 0.1) is 5.92 Å². The van der Waals surface area contributed by atoms with E-state index in [1.165, 1.54) is 23.3 Å². The van der Waals surface area contributed by atoms with Gasteiger partial charge in [-0.3, -0.25) is 9.97 Å². The number of allylic oxidation sites excluding steroid dienone is 3. The summed E-state index contributed by atoms with van der Waals surface area (Å²) >= 11 is 0. The third kappa shape index (κ3) is 4.92. The SMILES string of the molecule is CC1=CC(C)CC=C1NCc1ccc2nccnc2c1.CCC.[HH]. The van der Waals surface area contributed by atoms with E-state index in [0.717, 1.165) is 24.0 Å². The fraction of sp³-hybridized carbons (Fsp3) is 0.400. The summed E-state index contributed by atoms with van der Waals surface area (Å²) in [7, 11) is 0. The van der Waals surface area contributed by atoms with Gasteiger partial charge in [0.25, 0.3) is 0 Å². The Labute approximate surface area is 141 Å². The molecule has 1 atom stereocenters. The number of nitrogens with zero attached hydrogens (tertiary/aromatic N) is 2. The lowest BCUT2D eigenvalue weighted by molar-refractivity contribution is 0.696. The van der Waals surface area contributed by atoms with Gasteiger partial charge in [-0.1, -0.05) is 45.4 Å². The smallest absolute Gasteiger partial charge is 0.0890 e. The maximum Gasteiger partial charge on any atom is 0.0890 e. The Bertz CT molecular complexity index is 707. The molecule has 23 heavy (non-hydrogen) atoms. The van der Waals surface area contributed by atoms with Gasteiger partial charge in [0.2, 0.25) is 0 Å². The first-order valence-corrected chi connectivity index (χ1v) is 8.46. The number of aromatic nitrogens is 2. The molecule has 0 radical (unpaired) electrons. The van der Waals surface area contributed by atoms with Crippen LogP contribution in [0.2, 0.25) is 0 Å². The molecule has 1 aromatic carbocycles. The molecule has 0 spiro atoms. The third-order valence-corrected chi connectivity index (χ3v) is 3.67. The van der Waals surface area contributed by atoms with E-state index in [2.05, 4.69) is 67.3 Å². The summed E-state index contributed by atoms with van der Waals surface area (Å²) < 4.78 is 0. The molecule has 1 aromatic heterocycles. The molecule has 124 valence electrons. The van der Waals surface area contributed by atoms with Gasteiger partial charge in [0.05, 0.1) is 11.0 Å². The minimum atomic E-state index is 0. The maximum atomic E-state index is 4.35. The largest absolute Gasteiger partial charge is 0.381 e. The predicted molar refractivity (Wildman–Crippen MR) is 100 cm³/mol. The Balaban J connectivity index is 0.000000671. The maximum absolute atomic E-state index is 4.35. The fourth-order valence-electron chi connectivity index (χ4n) is 2.58. The van der Waals surface area contributed by atoms with Gasteiger partial charge in [-0.25, -0.2) is 0 Å². The Kier molecular flexibility index (Phi) is 6.33. The van der Waals surface area contributed by atoms with E-state index in [0.29, 0.717) is 5.92 Å². The first-order chi connectivity index (χ1) is 11.1. The molecule has 0 saturated carbocycles. The molecule has 3 heteroatoms. The molecule has 1 aliphatic carbocycles. The Hall–Kier alpha value is -2.16. The predicted octanol–water partition coefficient (Wildman–Crippen LogP) is 5.25. The normalized spacial score (nSPS) is 17.0. The minimum absolute atomic E-state index is 0. The van der Waals surface area contributed by atoms with Crippen molar-refractivity contribution in [2.45, 2.75) is 47.1 Å². The highest BCUT2D eigenvalue weighted by Crippen LogP contribution is 2.21. The Morgan fingerprint density at radius 2 is 1.87 bits per heavy atom. The monoisotopic (exact) mass is 311 g/mol. The molecular formula is C20H29N3. The van der Waals surface area contributed by atoms with Crippen LogP contribution < -0.4 is 5.32 Å². The molecule has 0 bridgehead atoms. The van der Waals surface area contributed by atoms with E-state index in [-0.39, 0.29) is 1.43 Å². The van der Waals surface area contributed by atoms with Crippen molar-refractivity contribution in [1.29, 1.82) is 0 Å². The quantitative estimate of drug-likeness (QED) is 0.841. The van der Waals surface area contributed by atoms with Gasteiger partial charge in [0.1, 0.15) is 0 Å². The standard InChI is InChI=1S/C17H19N3.C3H8.H2/c1-12-3-5-15(13(2)9-12)20-11-14-4-6-16-17(10-14)19-8-7-18-16;1-3-2;/h4-10,12,20H,3,11H2,1-2H3;3H2,1-2H3;1H. The van der Waals surface area contributed by atoms with Crippen LogP contribution >= 0.6 is 0 Å². The summed E-state index contributed by atoms with van der Waals surface area (Å²) in [5, 5.41) is 3.52. The molecule has 1 aliphatic rings. The first-order valence-electron chi connectivity index (χ1n) is 8.46. The summed E-state index contributed by atoms with van der Waals surface area (Å²) in [6.07, 6.45) is 10.4. The Morgan fingerprint density at radius 1 is 1.17 bits per heavy atom. The van der Waals surface area contributed by atoms with E-state index < -0.39 is 0 Å². The highest BCUT2D eigenvalue weighted by molar-refractivity contribution is 5.74. The van der Waals surface area contributed by atoms with Gasteiger partial charge < -0.3 is 5.32 Å². The second-order valence-corrected chi connectivity index (χ2v) is 6.12. The highest BCUT2D eigenvalue weighted by atomic mass is 14.9. The molecule has 1 unspecified atom stereocenters. The van der Waals surface area contributed by atoms with Crippen molar-refractivity contribution >= 4 is 11.0 Å². The van der Waals surface area contributed by atoms with Crippen LogP contribution in [0.4, 0.5) is 0 Å². The van der Waals surface area contributed by atoms with Gasteiger partial charge in [0, 0.05) is 26.1 Å². The van der Waals surface area contributed by atoms with E-state index in [1.807, 2.05) is 6.07 Å². The van der Waals surface area contributed by atoms with Crippen LogP contribution in [0.25, 0.3) is 11.0 Å². The zero-order valence-electron chi connectivity index (χ0n) is 14.6. The van der Waals surface area contributed by atoms with Crippen molar-refractivity contribution in [2.75, 3.05) is 0 Å². The van der Waals surface area contributed by atoms with Crippen LogP contribution in [0.5, 0.6) is 0 Å². The van der Waals surface area contributed by atoms with E-state index in [4.69, 9.17) is 0 Å². The molecule has 0 fully saturated rings. The van der Waals surface area contributed by atoms with Crippen molar-refractivity contribution in [3.63, 3.8) is 0 Å². The average Bonchev–Trinajstić information content (AvgIpc) is 2.54. The lowest BCUT2D eigenvalue weighted by Crippen LogP contribution is -2.16. The molecule has 0 saturated heterocycles. The van der Waals surface area contributed by atoms with Crippen molar-refractivity contribution in [3.8, 4) is 0 Å². The van der Waals surface area contributed by atoms with Crippen LogP contribution in [0.3, 0.4) is 0 Å². The lowest BCUT2D eigenvalue weighted by Gasteiger charge is -2.18. The number of benzene rings is 1. The molecule has 0 aliphatic heterocycles. The van der Waals surface area contributed by atoms with Gasteiger partial charge in [-0.05, 0) is 42.5 Å². The molecule has 0 amide bonds. The molecular weight excluding hydrogens is 282 g/mol. The second-order valence-electron chi connectivity index (χ2n) is 6.12. The summed E-state index contributed by atoms with van der Waals surface area (Å²) in [5.74, 6) is 0.650. The fourth-order valence-corrected chi connectivity index (χ4v) is 2.58. The van der Waals surface area contributed by atoms with Crippen molar-refractivity contribution in [1.82, 2.24) is 15.3 Å². The van der Waals surface area contributed by atoms with E-state index in [9.17, 15) is 0 Å². The number of nitrogens with one attached hydrogen (secondary N) is 1. The van der Waals surface area contributed by atoms with Gasteiger partial charge in [-0.15, -0.1) is 0 Å². The highest BCUT2D eigenvalue weighted by Gasteiger charge is 2.09. The topological polar surface area (TPSA) is 37.8 Å². The van der Waals surface area contributed by atoms with Gasteiger partial charge in [-0.2, -0.15) is 0 Å². The summed E-state index contributed by atoms with van der Waals surface area (Å²) in [4.78, 5) is 8.63. The van der Waals surface area contributed by atoms with Gasteiger partial charge >= 0.3 is 0 Å². The molecule has 3 rings (SSSR count). The summed E-state index contributed by atoms with van der Waals surface area (Å²) in [5.41, 5.74) is 5.71. The van der Waals surface area contributed by atoms with Crippen LogP contribution in [0.15, 0.2) is 54.0 Å². The number of hydrogen-bond donors (Lipinski definition) is 1. The lowest BCUT2D eigenvalue weighted by atomic mass is 9.96. The van der Waals surface area contributed by atoms with Gasteiger partial charge in [0.15, 0.2) is 0 Å². The first kappa shape index (κ1) is 17.2. The average molecular weight is 311 g/mol. The minimum Gasteiger partial charge on any atom is -0.381 e. The number of fused-ring (bicyclic) bond motifs is 1. The van der Waals surface area contributed by atoms with Crippen LogP contribution in [0.1, 0.15) is 47.5 Å². The summed E-state index contributed by atoms with van der Waals surface area (Å²) in [6, 6.07) is 6.23. The molecule has 1 heterocycles. The van der Waals surface area contributed by atoms with Crippen molar-refractivity contribution < 1.29 is 1.43 Å². The molecule has 3 nitrogen and oxygen atoms in total. The van der Waals surface area contributed by atoms with Crippen molar-refractivity contribution in [3.05, 3.63) is 59.6 Å². The molecule has 1 N–H and O–H groups in total. The third-order valence-electron chi connectivity index (χ3n) is 3.67. The number of rotatable bonds is 3. The molecule has 2 aromatic rings. The Morgan fingerprint density at radius 3 is 2.57 bits per heavy atom. The van der Waals surface area contributed by atoms with E-state index in [1.54, 1.807) is 12.4 Å². The van der Waals surface area contributed by atoms with Crippen LogP contribution in [-0.4, -0.2) is 9.97 Å².